The SMILES string of the molecule is CCOc1ccccc1-c1nnc(SC(C)C(=O)NCC2CCCCC2)o1. The van der Waals surface area contributed by atoms with Gasteiger partial charge in [0, 0.05) is 6.54 Å². The van der Waals surface area contributed by atoms with E-state index in [1.54, 1.807) is 0 Å². The predicted molar refractivity (Wildman–Crippen MR) is 106 cm³/mol. The fourth-order valence-corrected chi connectivity index (χ4v) is 3.98. The van der Waals surface area contributed by atoms with E-state index in [2.05, 4.69) is 15.5 Å². The molecule has 1 aromatic heterocycles. The molecular formula is C20H27N3O3S. The van der Waals surface area contributed by atoms with Gasteiger partial charge in [0.15, 0.2) is 0 Å². The van der Waals surface area contributed by atoms with Crippen LogP contribution < -0.4 is 10.1 Å². The van der Waals surface area contributed by atoms with Crippen molar-refractivity contribution < 1.29 is 13.9 Å². The van der Waals surface area contributed by atoms with E-state index in [0.717, 1.165) is 12.1 Å². The highest BCUT2D eigenvalue weighted by molar-refractivity contribution is 8.00. The number of nitrogens with zero attached hydrogens (tertiary/aromatic N) is 2. The van der Waals surface area contributed by atoms with Crippen molar-refractivity contribution in [2.24, 2.45) is 5.92 Å². The fourth-order valence-electron chi connectivity index (χ4n) is 3.28. The quantitative estimate of drug-likeness (QED) is 0.678. The van der Waals surface area contributed by atoms with Crippen molar-refractivity contribution in [2.75, 3.05) is 13.2 Å². The molecule has 0 radical (unpaired) electrons. The summed E-state index contributed by atoms with van der Waals surface area (Å²) in [4.78, 5) is 12.4. The van der Waals surface area contributed by atoms with Crippen LogP contribution >= 0.6 is 11.8 Å². The first kappa shape index (κ1) is 19.7. The van der Waals surface area contributed by atoms with Crippen LogP contribution in [0.4, 0.5) is 0 Å². The Morgan fingerprint density at radius 3 is 2.85 bits per heavy atom. The van der Waals surface area contributed by atoms with Gasteiger partial charge in [-0.05, 0) is 44.7 Å². The fraction of sp³-hybridized carbons (Fsp3) is 0.550. The highest BCUT2D eigenvalue weighted by Crippen LogP contribution is 2.31. The first-order valence-corrected chi connectivity index (χ1v) is 10.6. The summed E-state index contributed by atoms with van der Waals surface area (Å²) in [6.07, 6.45) is 6.31. The van der Waals surface area contributed by atoms with Crippen molar-refractivity contribution in [1.29, 1.82) is 0 Å². The molecule has 6 nitrogen and oxygen atoms in total. The maximum Gasteiger partial charge on any atom is 0.277 e. The maximum absolute atomic E-state index is 12.4. The zero-order valence-corrected chi connectivity index (χ0v) is 16.8. The summed E-state index contributed by atoms with van der Waals surface area (Å²) >= 11 is 1.28. The Balaban J connectivity index is 1.56. The van der Waals surface area contributed by atoms with Crippen molar-refractivity contribution in [2.45, 2.75) is 56.4 Å². The van der Waals surface area contributed by atoms with Gasteiger partial charge in [0.05, 0.1) is 17.4 Å². The number of nitrogens with one attached hydrogen (secondary N) is 1. The molecule has 0 spiro atoms. The van der Waals surface area contributed by atoms with Gasteiger partial charge in [-0.15, -0.1) is 10.2 Å². The van der Waals surface area contributed by atoms with Crippen LogP contribution in [0.5, 0.6) is 5.75 Å². The van der Waals surface area contributed by atoms with Gasteiger partial charge in [0.25, 0.3) is 11.1 Å². The van der Waals surface area contributed by atoms with Gasteiger partial charge in [0.2, 0.25) is 5.91 Å². The van der Waals surface area contributed by atoms with Gasteiger partial charge in [-0.2, -0.15) is 0 Å². The summed E-state index contributed by atoms with van der Waals surface area (Å²) in [5.74, 6) is 1.74. The number of hydrogen-bond acceptors (Lipinski definition) is 6. The lowest BCUT2D eigenvalue weighted by Crippen LogP contribution is -2.35. The lowest BCUT2D eigenvalue weighted by molar-refractivity contribution is -0.120. The molecule has 1 saturated carbocycles. The third kappa shape index (κ3) is 5.48. The minimum atomic E-state index is -0.288. The second kappa shape index (κ2) is 9.78. The van der Waals surface area contributed by atoms with Crippen molar-refractivity contribution >= 4 is 17.7 Å². The zero-order chi connectivity index (χ0) is 19.1. The van der Waals surface area contributed by atoms with E-state index in [1.165, 1.54) is 43.9 Å². The van der Waals surface area contributed by atoms with Crippen LogP contribution in [0.25, 0.3) is 11.5 Å². The Labute approximate surface area is 164 Å². The number of amides is 1. The summed E-state index contributed by atoms with van der Waals surface area (Å²) in [6.45, 7) is 5.11. The molecule has 0 saturated heterocycles. The highest BCUT2D eigenvalue weighted by atomic mass is 32.2. The van der Waals surface area contributed by atoms with Gasteiger partial charge < -0.3 is 14.5 Å². The molecule has 1 aliphatic carbocycles. The smallest absolute Gasteiger partial charge is 0.277 e. The van der Waals surface area contributed by atoms with E-state index in [0.29, 0.717) is 29.4 Å². The molecule has 0 bridgehead atoms. The lowest BCUT2D eigenvalue weighted by Gasteiger charge is -2.22. The molecule has 0 aliphatic heterocycles. The molecule has 1 atom stereocenters. The van der Waals surface area contributed by atoms with Crippen LogP contribution in [0.2, 0.25) is 0 Å². The average molecular weight is 390 g/mol. The normalized spacial score (nSPS) is 16.1. The number of rotatable bonds is 8. The lowest BCUT2D eigenvalue weighted by atomic mass is 9.89. The number of carbonyl (C=O) groups is 1. The van der Waals surface area contributed by atoms with E-state index in [9.17, 15) is 4.79 Å². The summed E-state index contributed by atoms with van der Waals surface area (Å²) in [5, 5.41) is 11.4. The van der Waals surface area contributed by atoms with Gasteiger partial charge in [-0.25, -0.2) is 0 Å². The Hall–Kier alpha value is -2.02. The van der Waals surface area contributed by atoms with E-state index in [4.69, 9.17) is 9.15 Å². The topological polar surface area (TPSA) is 77.2 Å². The van der Waals surface area contributed by atoms with Crippen LogP contribution in [0.3, 0.4) is 0 Å². The molecular weight excluding hydrogens is 362 g/mol. The molecule has 3 rings (SSSR count). The maximum atomic E-state index is 12.4. The molecule has 1 N–H and O–H groups in total. The zero-order valence-electron chi connectivity index (χ0n) is 15.9. The van der Waals surface area contributed by atoms with E-state index in [-0.39, 0.29) is 11.2 Å². The third-order valence-electron chi connectivity index (χ3n) is 4.76. The van der Waals surface area contributed by atoms with E-state index < -0.39 is 0 Å². The molecule has 146 valence electrons. The third-order valence-corrected chi connectivity index (χ3v) is 5.69. The number of benzene rings is 1. The van der Waals surface area contributed by atoms with Crippen LogP contribution in [-0.2, 0) is 4.79 Å². The molecule has 1 aromatic carbocycles. The van der Waals surface area contributed by atoms with Crippen molar-refractivity contribution in [3.8, 4) is 17.2 Å². The summed E-state index contributed by atoms with van der Waals surface area (Å²) in [5.41, 5.74) is 0.758. The summed E-state index contributed by atoms with van der Waals surface area (Å²) in [6, 6.07) is 7.56. The van der Waals surface area contributed by atoms with Crippen molar-refractivity contribution in [3.05, 3.63) is 24.3 Å². The molecule has 1 aliphatic rings. The number of para-hydroxylation sites is 1. The molecule has 1 unspecified atom stereocenters. The first-order chi connectivity index (χ1) is 13.2. The molecule has 27 heavy (non-hydrogen) atoms. The molecule has 2 aromatic rings. The standard InChI is InChI=1S/C20H27N3O3S/c1-3-25-17-12-8-7-11-16(17)19-22-23-20(26-19)27-14(2)18(24)21-13-15-9-5-4-6-10-15/h7-8,11-12,14-15H,3-6,9-10,13H2,1-2H3,(H,21,24). The van der Waals surface area contributed by atoms with E-state index in [1.807, 2.05) is 38.1 Å². The van der Waals surface area contributed by atoms with Crippen LogP contribution in [0.15, 0.2) is 33.9 Å². The largest absolute Gasteiger partial charge is 0.493 e. The van der Waals surface area contributed by atoms with Crippen molar-refractivity contribution in [3.63, 3.8) is 0 Å². The molecule has 1 heterocycles. The number of hydrogen-bond donors (Lipinski definition) is 1. The number of carbonyl (C=O) groups excluding carboxylic acids is 1. The number of thioether (sulfide) groups is 1. The van der Waals surface area contributed by atoms with Gasteiger partial charge in [0.1, 0.15) is 5.75 Å². The Kier molecular flexibility index (Phi) is 7.15. The van der Waals surface area contributed by atoms with Gasteiger partial charge in [-0.1, -0.05) is 43.2 Å². The second-order valence-electron chi connectivity index (χ2n) is 6.81. The van der Waals surface area contributed by atoms with E-state index >= 15 is 0 Å². The Morgan fingerprint density at radius 1 is 1.30 bits per heavy atom. The Bertz CT molecular complexity index is 744. The first-order valence-electron chi connectivity index (χ1n) is 9.67. The molecule has 1 fully saturated rings. The average Bonchev–Trinajstić information content (AvgIpc) is 3.16. The monoisotopic (exact) mass is 389 g/mol. The summed E-state index contributed by atoms with van der Waals surface area (Å²) in [7, 11) is 0. The second-order valence-corrected chi connectivity index (χ2v) is 8.10. The van der Waals surface area contributed by atoms with Crippen molar-refractivity contribution in [1.82, 2.24) is 15.5 Å². The number of ether oxygens (including phenoxy) is 1. The summed E-state index contributed by atoms with van der Waals surface area (Å²) < 4.78 is 11.4. The van der Waals surface area contributed by atoms with Crippen LogP contribution in [0.1, 0.15) is 46.0 Å². The van der Waals surface area contributed by atoms with Crippen LogP contribution in [-0.4, -0.2) is 34.5 Å². The number of aromatic nitrogens is 2. The highest BCUT2D eigenvalue weighted by Gasteiger charge is 2.21. The van der Waals surface area contributed by atoms with Gasteiger partial charge >= 0.3 is 0 Å². The minimum Gasteiger partial charge on any atom is -0.493 e. The Morgan fingerprint density at radius 2 is 2.07 bits per heavy atom. The van der Waals surface area contributed by atoms with Gasteiger partial charge in [-0.3, -0.25) is 4.79 Å². The molecule has 1 amide bonds. The van der Waals surface area contributed by atoms with Crippen LogP contribution in [0, 0.1) is 5.92 Å². The predicted octanol–water partition coefficient (Wildman–Crippen LogP) is 4.31. The molecule has 7 heteroatoms. The minimum absolute atomic E-state index is 0.0139.